The van der Waals surface area contributed by atoms with E-state index in [1.54, 1.807) is 6.07 Å². The summed E-state index contributed by atoms with van der Waals surface area (Å²) in [7, 11) is 2.11. The molecule has 7 heteroatoms. The molecule has 0 spiro atoms. The number of hydrogen-bond donors (Lipinski definition) is 1. The fourth-order valence-electron chi connectivity index (χ4n) is 4.57. The molecule has 4 aromatic rings. The van der Waals surface area contributed by atoms with Crippen LogP contribution in [0.25, 0.3) is 21.9 Å². The average Bonchev–Trinajstić information content (AvgIpc) is 3.18. The maximum Gasteiger partial charge on any atom is 0.242 e. The third-order valence-corrected chi connectivity index (χ3v) is 6.71. The van der Waals surface area contributed by atoms with Gasteiger partial charge in [0.1, 0.15) is 17.2 Å². The summed E-state index contributed by atoms with van der Waals surface area (Å²) < 4.78 is 6.27. The molecule has 0 bridgehead atoms. The molecule has 1 aliphatic heterocycles. The number of piperazine rings is 1. The van der Waals surface area contributed by atoms with Gasteiger partial charge in [-0.1, -0.05) is 59.6 Å². The number of likely N-dealkylation sites (N-methyl/N-ethyl adjacent to an activating group) is 1. The number of halogens is 2. The number of carbonyl (C=O) groups is 1. The van der Waals surface area contributed by atoms with Gasteiger partial charge in [-0.15, -0.1) is 0 Å². The predicted molar refractivity (Wildman–Crippen MR) is 134 cm³/mol. The molecule has 5 rings (SSSR count). The first-order chi connectivity index (χ1) is 16.0. The van der Waals surface area contributed by atoms with Crippen LogP contribution < -0.4 is 5.32 Å². The molecule has 33 heavy (non-hydrogen) atoms. The minimum Gasteiger partial charge on any atom is -0.456 e. The van der Waals surface area contributed by atoms with Gasteiger partial charge in [0.05, 0.1) is 0 Å². The van der Waals surface area contributed by atoms with Crippen molar-refractivity contribution in [3.05, 3.63) is 81.8 Å². The Morgan fingerprint density at radius 1 is 0.970 bits per heavy atom. The topological polar surface area (TPSA) is 48.7 Å². The van der Waals surface area contributed by atoms with E-state index in [2.05, 4.69) is 34.3 Å². The second-order valence-corrected chi connectivity index (χ2v) is 9.43. The minimum absolute atomic E-state index is 0.0661. The number of para-hydroxylation sites is 2. The highest BCUT2D eigenvalue weighted by atomic mass is 35.5. The number of nitrogens with zero attached hydrogens (tertiary/aromatic N) is 2. The first-order valence-corrected chi connectivity index (χ1v) is 11.8. The molecule has 1 fully saturated rings. The van der Waals surface area contributed by atoms with E-state index < -0.39 is 6.04 Å². The molecule has 0 aliphatic carbocycles. The Bertz CT molecular complexity index is 1290. The van der Waals surface area contributed by atoms with Crippen LogP contribution in [-0.2, 0) is 11.3 Å². The Morgan fingerprint density at radius 2 is 1.67 bits per heavy atom. The first-order valence-electron chi connectivity index (χ1n) is 11.0. The summed E-state index contributed by atoms with van der Waals surface area (Å²) in [6, 6.07) is 18.9. The highest BCUT2D eigenvalue weighted by Gasteiger charge is 2.32. The highest BCUT2D eigenvalue weighted by Crippen LogP contribution is 2.35. The number of hydrogen-bond acceptors (Lipinski definition) is 4. The molecule has 1 aromatic heterocycles. The molecule has 2 heterocycles. The average molecular weight is 482 g/mol. The van der Waals surface area contributed by atoms with E-state index in [1.807, 2.05) is 42.5 Å². The van der Waals surface area contributed by atoms with E-state index >= 15 is 0 Å². The lowest BCUT2D eigenvalue weighted by Crippen LogP contribution is -2.49. The van der Waals surface area contributed by atoms with E-state index in [1.165, 1.54) is 0 Å². The summed E-state index contributed by atoms with van der Waals surface area (Å²) in [6.07, 6.45) is 0. The Labute approximate surface area is 202 Å². The zero-order valence-corrected chi connectivity index (χ0v) is 19.9. The molecule has 1 atom stereocenters. The molecule has 1 saturated heterocycles. The summed E-state index contributed by atoms with van der Waals surface area (Å²) >= 11 is 12.3. The summed E-state index contributed by atoms with van der Waals surface area (Å²) in [5, 5.41) is 6.29. The van der Waals surface area contributed by atoms with Crippen molar-refractivity contribution >= 4 is 51.0 Å². The fraction of sp³-hybridized carbons (Fsp3) is 0.269. The van der Waals surface area contributed by atoms with Crippen molar-refractivity contribution in [2.24, 2.45) is 0 Å². The molecule has 170 valence electrons. The van der Waals surface area contributed by atoms with Crippen LogP contribution in [0.15, 0.2) is 65.1 Å². The summed E-state index contributed by atoms with van der Waals surface area (Å²) in [4.78, 5) is 18.2. The Morgan fingerprint density at radius 3 is 2.42 bits per heavy atom. The molecule has 3 aromatic carbocycles. The third kappa shape index (κ3) is 4.59. The molecular formula is C26H25Cl2N3O2. The molecule has 5 nitrogen and oxygen atoms in total. The number of rotatable bonds is 5. The summed E-state index contributed by atoms with van der Waals surface area (Å²) in [5.41, 5.74) is 3.34. The van der Waals surface area contributed by atoms with Gasteiger partial charge in [-0.05, 0) is 36.9 Å². The lowest BCUT2D eigenvalue weighted by Gasteiger charge is -2.37. The van der Waals surface area contributed by atoms with Gasteiger partial charge in [0.2, 0.25) is 5.91 Å². The van der Waals surface area contributed by atoms with E-state index in [4.69, 9.17) is 27.6 Å². The number of benzene rings is 3. The zero-order chi connectivity index (χ0) is 22.9. The van der Waals surface area contributed by atoms with E-state index in [-0.39, 0.29) is 5.91 Å². The van der Waals surface area contributed by atoms with Gasteiger partial charge in [-0.2, -0.15) is 0 Å². The number of furan rings is 1. The van der Waals surface area contributed by atoms with Gasteiger partial charge >= 0.3 is 0 Å². The van der Waals surface area contributed by atoms with Crippen molar-refractivity contribution in [1.29, 1.82) is 0 Å². The normalized spacial score (nSPS) is 16.3. The van der Waals surface area contributed by atoms with Crippen LogP contribution in [-0.4, -0.2) is 48.9 Å². The van der Waals surface area contributed by atoms with Gasteiger partial charge in [0.15, 0.2) is 0 Å². The molecule has 0 radical (unpaired) electrons. The summed E-state index contributed by atoms with van der Waals surface area (Å²) in [6.45, 7) is 3.76. The molecule has 1 amide bonds. The third-order valence-electron chi connectivity index (χ3n) is 6.27. The lowest BCUT2D eigenvalue weighted by molar-refractivity contribution is -0.127. The molecule has 0 saturated carbocycles. The molecule has 1 N–H and O–H groups in total. The van der Waals surface area contributed by atoms with E-state index in [0.29, 0.717) is 16.6 Å². The Hall–Kier alpha value is -2.57. The van der Waals surface area contributed by atoms with E-state index in [9.17, 15) is 4.79 Å². The van der Waals surface area contributed by atoms with Crippen LogP contribution in [0.4, 0.5) is 0 Å². The quantitative estimate of drug-likeness (QED) is 0.408. The van der Waals surface area contributed by atoms with Crippen molar-refractivity contribution in [3.8, 4) is 0 Å². The van der Waals surface area contributed by atoms with Crippen LogP contribution >= 0.6 is 23.2 Å². The van der Waals surface area contributed by atoms with Crippen LogP contribution in [0, 0.1) is 0 Å². The zero-order valence-electron chi connectivity index (χ0n) is 18.4. The maximum absolute atomic E-state index is 13.7. The SMILES string of the molecule is CN1CCN(C(C(=O)NCc2cc(Cl)cc(Cl)c2)c2cccc3c2oc2ccccc23)CC1. The Balaban J connectivity index is 1.51. The van der Waals surface area contributed by atoms with Gasteiger partial charge in [0.25, 0.3) is 0 Å². The largest absolute Gasteiger partial charge is 0.456 e. The Kier molecular flexibility index (Phi) is 6.30. The van der Waals surface area contributed by atoms with Gasteiger partial charge in [-0.3, -0.25) is 9.69 Å². The van der Waals surface area contributed by atoms with Crippen molar-refractivity contribution in [1.82, 2.24) is 15.1 Å². The number of amides is 1. The van der Waals surface area contributed by atoms with Crippen molar-refractivity contribution in [2.45, 2.75) is 12.6 Å². The maximum atomic E-state index is 13.7. The molecule has 1 aliphatic rings. The van der Waals surface area contributed by atoms with Crippen molar-refractivity contribution in [2.75, 3.05) is 33.2 Å². The number of fused-ring (bicyclic) bond motifs is 3. The predicted octanol–water partition coefficient (Wildman–Crippen LogP) is 5.50. The van der Waals surface area contributed by atoms with E-state index in [0.717, 1.165) is 59.2 Å². The monoisotopic (exact) mass is 481 g/mol. The van der Waals surface area contributed by atoms with Gasteiger partial charge < -0.3 is 14.6 Å². The summed E-state index contributed by atoms with van der Waals surface area (Å²) in [5.74, 6) is -0.0661. The first kappa shape index (κ1) is 22.2. The van der Waals surface area contributed by atoms with Crippen LogP contribution in [0.5, 0.6) is 0 Å². The smallest absolute Gasteiger partial charge is 0.242 e. The molecule has 1 unspecified atom stereocenters. The second kappa shape index (κ2) is 9.35. The number of nitrogens with one attached hydrogen (secondary N) is 1. The standard InChI is InChI=1S/C26H25Cl2N3O2/c1-30-9-11-31(12-10-30)24(26(32)29-16-17-13-18(27)15-19(28)14-17)22-7-4-6-21-20-5-2-3-8-23(20)33-25(21)22/h2-8,13-15,24H,9-12,16H2,1H3,(H,29,32). The van der Waals surface area contributed by atoms with Crippen LogP contribution in [0.1, 0.15) is 17.2 Å². The number of carbonyl (C=O) groups excluding carboxylic acids is 1. The fourth-order valence-corrected chi connectivity index (χ4v) is 5.14. The van der Waals surface area contributed by atoms with Crippen LogP contribution in [0.2, 0.25) is 10.0 Å². The minimum atomic E-state index is -0.461. The van der Waals surface area contributed by atoms with Gasteiger partial charge in [0, 0.05) is 59.1 Å². The van der Waals surface area contributed by atoms with Crippen molar-refractivity contribution < 1.29 is 9.21 Å². The molecular weight excluding hydrogens is 457 g/mol. The van der Waals surface area contributed by atoms with Gasteiger partial charge in [-0.25, -0.2) is 0 Å². The second-order valence-electron chi connectivity index (χ2n) is 8.56. The highest BCUT2D eigenvalue weighted by molar-refractivity contribution is 6.34. The van der Waals surface area contributed by atoms with Crippen LogP contribution in [0.3, 0.4) is 0 Å². The lowest BCUT2D eigenvalue weighted by atomic mass is 10.00. The van der Waals surface area contributed by atoms with Crippen molar-refractivity contribution in [3.63, 3.8) is 0 Å².